The lowest BCUT2D eigenvalue weighted by Crippen LogP contribution is -2.15. The van der Waals surface area contributed by atoms with Crippen molar-refractivity contribution >= 4 is 6.29 Å². The quantitative estimate of drug-likeness (QED) is 0.483. The Hall–Kier alpha value is -0.590. The third-order valence-electron chi connectivity index (χ3n) is 4.89. The fourth-order valence-electron chi connectivity index (χ4n) is 4.42. The van der Waals surface area contributed by atoms with Crippen LogP contribution in [-0.2, 0) is 4.79 Å². The summed E-state index contributed by atoms with van der Waals surface area (Å²) in [5, 5.41) is 0. The Morgan fingerprint density at radius 3 is 2.14 bits per heavy atom. The van der Waals surface area contributed by atoms with Crippen LogP contribution < -0.4 is 0 Å². The lowest BCUT2D eigenvalue weighted by molar-refractivity contribution is -0.104. The molecule has 0 aliphatic heterocycles. The van der Waals surface area contributed by atoms with Gasteiger partial charge in [0, 0.05) is 0 Å². The van der Waals surface area contributed by atoms with Crippen molar-refractivity contribution in [2.24, 2.45) is 29.6 Å². The van der Waals surface area contributed by atoms with Gasteiger partial charge in [-0.2, -0.15) is 0 Å². The molecule has 3 aliphatic carbocycles. The highest BCUT2D eigenvalue weighted by molar-refractivity contribution is 5.64. The van der Waals surface area contributed by atoms with Crippen LogP contribution in [0.3, 0.4) is 0 Å². The first-order chi connectivity index (χ1) is 6.88. The van der Waals surface area contributed by atoms with E-state index in [4.69, 9.17) is 0 Å². The van der Waals surface area contributed by atoms with E-state index < -0.39 is 0 Å². The van der Waals surface area contributed by atoms with Gasteiger partial charge in [0.15, 0.2) is 0 Å². The molecule has 0 spiro atoms. The predicted octanol–water partition coefficient (Wildman–Crippen LogP) is 2.81. The molecule has 0 N–H and O–H groups in total. The molecule has 76 valence electrons. The summed E-state index contributed by atoms with van der Waals surface area (Å²) < 4.78 is 0. The minimum Gasteiger partial charge on any atom is -0.299 e. The maximum absolute atomic E-state index is 10.3. The summed E-state index contributed by atoms with van der Waals surface area (Å²) in [5.41, 5.74) is 0. The van der Waals surface area contributed by atoms with E-state index in [2.05, 4.69) is 6.08 Å². The fourth-order valence-corrected chi connectivity index (χ4v) is 4.42. The van der Waals surface area contributed by atoms with E-state index in [1.807, 2.05) is 0 Å². The van der Waals surface area contributed by atoms with Crippen LogP contribution in [0.4, 0.5) is 0 Å². The minimum atomic E-state index is 0.721. The van der Waals surface area contributed by atoms with Gasteiger partial charge in [0.05, 0.1) is 0 Å². The third-order valence-corrected chi connectivity index (χ3v) is 4.89. The Bertz CT molecular complexity index is 250. The second kappa shape index (κ2) is 3.22. The zero-order valence-electron chi connectivity index (χ0n) is 8.56. The molecule has 3 aliphatic rings. The molecule has 3 rings (SSSR count). The maximum Gasteiger partial charge on any atom is 0.142 e. The lowest BCUT2D eigenvalue weighted by atomic mass is 9.82. The van der Waals surface area contributed by atoms with Crippen molar-refractivity contribution in [3.05, 3.63) is 12.2 Å². The van der Waals surface area contributed by atoms with Crippen LogP contribution in [0.25, 0.3) is 0 Å². The zero-order valence-corrected chi connectivity index (χ0v) is 8.56. The van der Waals surface area contributed by atoms with E-state index in [0.717, 1.165) is 35.9 Å². The van der Waals surface area contributed by atoms with Gasteiger partial charge in [-0.25, -0.2) is 0 Å². The van der Waals surface area contributed by atoms with Crippen molar-refractivity contribution in [3.8, 4) is 0 Å². The largest absolute Gasteiger partial charge is 0.299 e. The Morgan fingerprint density at radius 2 is 1.57 bits per heavy atom. The van der Waals surface area contributed by atoms with Crippen LogP contribution in [0.15, 0.2) is 12.2 Å². The highest BCUT2D eigenvalue weighted by Crippen LogP contribution is 2.60. The smallest absolute Gasteiger partial charge is 0.142 e. The Labute approximate surface area is 85.6 Å². The fraction of sp³-hybridized carbons (Fsp3) is 0.769. The molecule has 0 amide bonds. The summed E-state index contributed by atoms with van der Waals surface area (Å²) in [6, 6.07) is 0. The Morgan fingerprint density at radius 1 is 0.929 bits per heavy atom. The van der Waals surface area contributed by atoms with E-state index >= 15 is 0 Å². The molecule has 1 heteroatoms. The second-order valence-electron chi connectivity index (χ2n) is 5.41. The molecule has 0 saturated heterocycles. The zero-order chi connectivity index (χ0) is 9.54. The lowest BCUT2D eigenvalue weighted by Gasteiger charge is -2.23. The van der Waals surface area contributed by atoms with Gasteiger partial charge in [0.1, 0.15) is 6.29 Å². The highest BCUT2D eigenvalue weighted by atomic mass is 16.1. The topological polar surface area (TPSA) is 17.1 Å². The first-order valence-electron chi connectivity index (χ1n) is 6.00. The Balaban J connectivity index is 1.70. The van der Waals surface area contributed by atoms with E-state index in [1.54, 1.807) is 6.08 Å². The molecule has 3 saturated carbocycles. The number of hydrogen-bond donors (Lipinski definition) is 0. The first kappa shape index (κ1) is 8.70. The summed E-state index contributed by atoms with van der Waals surface area (Å²) in [6.07, 6.45) is 12.0. The molecule has 2 bridgehead atoms. The van der Waals surface area contributed by atoms with Gasteiger partial charge in [0.2, 0.25) is 0 Å². The van der Waals surface area contributed by atoms with Crippen molar-refractivity contribution < 1.29 is 4.79 Å². The van der Waals surface area contributed by atoms with Crippen LogP contribution in [-0.4, -0.2) is 6.29 Å². The molecule has 0 aromatic rings. The minimum absolute atomic E-state index is 0.721. The summed E-state index contributed by atoms with van der Waals surface area (Å²) >= 11 is 0. The predicted molar refractivity (Wildman–Crippen MR) is 55.7 cm³/mol. The van der Waals surface area contributed by atoms with Crippen LogP contribution in [0.1, 0.15) is 32.1 Å². The second-order valence-corrected chi connectivity index (χ2v) is 5.41. The normalized spacial score (nSPS) is 50.1. The molecule has 0 radical (unpaired) electrons. The van der Waals surface area contributed by atoms with Crippen molar-refractivity contribution in [3.63, 3.8) is 0 Å². The summed E-state index contributed by atoms with van der Waals surface area (Å²) in [5.74, 6) is 4.88. The molecule has 3 fully saturated rings. The van der Waals surface area contributed by atoms with E-state index in [0.29, 0.717) is 0 Å². The monoisotopic (exact) mass is 190 g/mol. The SMILES string of the molecule is O=CC=CC1CC2C3CCC(C3)C2C1. The van der Waals surface area contributed by atoms with Crippen molar-refractivity contribution in [1.82, 2.24) is 0 Å². The van der Waals surface area contributed by atoms with Gasteiger partial charge in [-0.15, -0.1) is 0 Å². The number of hydrogen-bond acceptors (Lipinski definition) is 1. The van der Waals surface area contributed by atoms with E-state index in [-0.39, 0.29) is 0 Å². The molecule has 0 aromatic carbocycles. The van der Waals surface area contributed by atoms with Gasteiger partial charge in [-0.1, -0.05) is 6.08 Å². The molecule has 1 nitrogen and oxygen atoms in total. The molecular formula is C13H18O. The van der Waals surface area contributed by atoms with E-state index in [1.165, 1.54) is 32.1 Å². The van der Waals surface area contributed by atoms with Crippen LogP contribution in [0, 0.1) is 29.6 Å². The number of rotatable bonds is 2. The maximum atomic E-state index is 10.3. The number of carbonyl (C=O) groups is 1. The molecule has 0 heterocycles. The average Bonchev–Trinajstić information content (AvgIpc) is 2.85. The van der Waals surface area contributed by atoms with Gasteiger partial charge >= 0.3 is 0 Å². The van der Waals surface area contributed by atoms with Crippen LogP contribution in [0.2, 0.25) is 0 Å². The highest BCUT2D eigenvalue weighted by Gasteiger charge is 2.51. The molecular weight excluding hydrogens is 172 g/mol. The molecule has 14 heavy (non-hydrogen) atoms. The Kier molecular flexibility index (Phi) is 2.00. The number of fused-ring (bicyclic) bond motifs is 5. The standard InChI is InChI=1S/C13H18O/c14-5-1-2-9-6-12-10-3-4-11(8-10)13(12)7-9/h1-2,5,9-13H,3-4,6-8H2. The van der Waals surface area contributed by atoms with Crippen molar-refractivity contribution in [2.75, 3.05) is 0 Å². The molecule has 4 unspecified atom stereocenters. The number of aldehydes is 1. The van der Waals surface area contributed by atoms with Gasteiger partial charge in [-0.3, -0.25) is 4.79 Å². The van der Waals surface area contributed by atoms with Gasteiger partial charge in [-0.05, 0) is 67.8 Å². The van der Waals surface area contributed by atoms with E-state index in [9.17, 15) is 4.79 Å². The first-order valence-corrected chi connectivity index (χ1v) is 6.00. The summed E-state index contributed by atoms with van der Waals surface area (Å²) in [6.45, 7) is 0. The molecule has 4 atom stereocenters. The molecule has 0 aromatic heterocycles. The number of allylic oxidation sites excluding steroid dienone is 2. The average molecular weight is 190 g/mol. The summed E-state index contributed by atoms with van der Waals surface area (Å²) in [4.78, 5) is 10.3. The van der Waals surface area contributed by atoms with Crippen molar-refractivity contribution in [2.45, 2.75) is 32.1 Å². The van der Waals surface area contributed by atoms with Crippen molar-refractivity contribution in [1.29, 1.82) is 0 Å². The van der Waals surface area contributed by atoms with Crippen LogP contribution >= 0.6 is 0 Å². The van der Waals surface area contributed by atoms with Gasteiger partial charge in [0.25, 0.3) is 0 Å². The third kappa shape index (κ3) is 1.18. The summed E-state index contributed by atoms with van der Waals surface area (Å²) in [7, 11) is 0. The van der Waals surface area contributed by atoms with Gasteiger partial charge < -0.3 is 0 Å². The number of carbonyl (C=O) groups excluding carboxylic acids is 1. The van der Waals surface area contributed by atoms with Crippen LogP contribution in [0.5, 0.6) is 0 Å².